The van der Waals surface area contributed by atoms with Crippen molar-refractivity contribution in [3.05, 3.63) is 45.6 Å². The molecule has 0 bridgehead atoms. The molecule has 2 fully saturated rings. The fourth-order valence-electron chi connectivity index (χ4n) is 4.42. The van der Waals surface area contributed by atoms with Crippen molar-refractivity contribution in [2.45, 2.75) is 57.0 Å². The average Bonchev–Trinajstić information content (AvgIpc) is 3.54. The van der Waals surface area contributed by atoms with Crippen molar-refractivity contribution in [2.75, 3.05) is 24.3 Å². The molecule has 1 amide bonds. The number of carbonyl (C=O) groups excluding carboxylic acids is 1. The fraction of sp³-hybridized carbons (Fsp3) is 0.522. The number of aromatic nitrogens is 2. The Morgan fingerprint density at radius 1 is 1.10 bits per heavy atom. The molecule has 166 valence electrons. The zero-order chi connectivity index (χ0) is 22.1. The van der Waals surface area contributed by atoms with Crippen LogP contribution in [0.4, 0.5) is 11.8 Å². The van der Waals surface area contributed by atoms with E-state index in [-0.39, 0.29) is 23.8 Å². The first-order valence-electron chi connectivity index (χ1n) is 10.8. The van der Waals surface area contributed by atoms with Crippen molar-refractivity contribution >= 4 is 40.9 Å². The van der Waals surface area contributed by atoms with E-state index in [4.69, 9.17) is 23.2 Å². The average molecular weight is 462 g/mol. The number of benzene rings is 1. The van der Waals surface area contributed by atoms with Crippen LogP contribution in [0.15, 0.2) is 24.4 Å². The highest BCUT2D eigenvalue weighted by molar-refractivity contribution is 6.42. The maximum Gasteiger partial charge on any atom is 0.224 e. The molecule has 2 atom stereocenters. The smallest absolute Gasteiger partial charge is 0.224 e. The third-order valence-electron chi connectivity index (χ3n) is 6.27. The van der Waals surface area contributed by atoms with Gasteiger partial charge in [0.1, 0.15) is 5.82 Å². The summed E-state index contributed by atoms with van der Waals surface area (Å²) in [6.45, 7) is 2.01. The SMILES string of the molecule is Cc1cnc(NC2CCC(NC(=O)[C@@H]3C[C@@H]3c3ccc(Cl)c(Cl)c3)CC2)nc1N(C)C. The molecule has 0 spiro atoms. The lowest BCUT2D eigenvalue weighted by atomic mass is 9.91. The second-order valence-electron chi connectivity index (χ2n) is 8.92. The molecule has 2 N–H and O–H groups in total. The number of nitrogens with zero attached hydrogens (tertiary/aromatic N) is 3. The van der Waals surface area contributed by atoms with Crippen molar-refractivity contribution < 1.29 is 4.79 Å². The highest BCUT2D eigenvalue weighted by Gasteiger charge is 2.44. The number of hydrogen-bond donors (Lipinski definition) is 2. The lowest BCUT2D eigenvalue weighted by molar-refractivity contribution is -0.123. The largest absolute Gasteiger partial charge is 0.362 e. The van der Waals surface area contributed by atoms with Crippen molar-refractivity contribution in [2.24, 2.45) is 5.92 Å². The molecule has 0 aliphatic heterocycles. The van der Waals surface area contributed by atoms with Crippen LogP contribution in [-0.2, 0) is 4.79 Å². The summed E-state index contributed by atoms with van der Waals surface area (Å²) in [5.41, 5.74) is 2.15. The predicted molar refractivity (Wildman–Crippen MR) is 126 cm³/mol. The number of aryl methyl sites for hydroxylation is 1. The molecule has 2 saturated carbocycles. The van der Waals surface area contributed by atoms with E-state index >= 15 is 0 Å². The highest BCUT2D eigenvalue weighted by Crippen LogP contribution is 2.48. The van der Waals surface area contributed by atoms with Crippen LogP contribution in [0.25, 0.3) is 0 Å². The van der Waals surface area contributed by atoms with Crippen LogP contribution in [0.1, 0.15) is 49.1 Å². The summed E-state index contributed by atoms with van der Waals surface area (Å²) >= 11 is 12.1. The quantitative estimate of drug-likeness (QED) is 0.646. The standard InChI is InChI=1S/C23H29Cl2N5O/c1-13-12-26-23(29-21(13)30(2)3)28-16-7-5-15(6-8-16)27-22(31)18-11-17(18)14-4-9-19(24)20(25)10-14/h4,9-10,12,15-18H,5-8,11H2,1-3H3,(H,27,31)(H,26,28,29)/t15?,16?,17-,18-/m1/s1. The van der Waals surface area contributed by atoms with Gasteiger partial charge in [0.15, 0.2) is 0 Å². The van der Waals surface area contributed by atoms with Gasteiger partial charge < -0.3 is 15.5 Å². The molecule has 2 aliphatic rings. The van der Waals surface area contributed by atoms with Gasteiger partial charge in [-0.05, 0) is 62.6 Å². The van der Waals surface area contributed by atoms with Gasteiger partial charge in [-0.15, -0.1) is 0 Å². The van der Waals surface area contributed by atoms with Crippen LogP contribution in [0.2, 0.25) is 10.0 Å². The minimum atomic E-state index is 0.0403. The predicted octanol–water partition coefficient (Wildman–Crippen LogP) is 4.80. The van der Waals surface area contributed by atoms with Gasteiger partial charge in [-0.2, -0.15) is 4.98 Å². The van der Waals surface area contributed by atoms with Gasteiger partial charge in [0.05, 0.1) is 10.0 Å². The van der Waals surface area contributed by atoms with E-state index in [9.17, 15) is 4.79 Å². The Kier molecular flexibility index (Phi) is 6.58. The second-order valence-corrected chi connectivity index (χ2v) is 9.73. The highest BCUT2D eigenvalue weighted by atomic mass is 35.5. The molecule has 31 heavy (non-hydrogen) atoms. The van der Waals surface area contributed by atoms with Gasteiger partial charge in [-0.25, -0.2) is 4.98 Å². The Hall–Kier alpha value is -2.05. The van der Waals surface area contributed by atoms with Gasteiger partial charge in [-0.1, -0.05) is 29.3 Å². The first-order valence-corrected chi connectivity index (χ1v) is 11.6. The monoisotopic (exact) mass is 461 g/mol. The normalized spacial score (nSPS) is 25.1. The van der Waals surface area contributed by atoms with Crippen LogP contribution in [0.5, 0.6) is 0 Å². The molecule has 8 heteroatoms. The number of halogens is 2. The molecular formula is C23H29Cl2N5O. The number of amides is 1. The molecule has 2 aliphatic carbocycles. The Bertz CT molecular complexity index is 959. The topological polar surface area (TPSA) is 70.1 Å². The second kappa shape index (κ2) is 9.21. The summed E-state index contributed by atoms with van der Waals surface area (Å²) in [6, 6.07) is 6.22. The lowest BCUT2D eigenvalue weighted by Crippen LogP contribution is -2.41. The zero-order valence-electron chi connectivity index (χ0n) is 18.2. The Labute approximate surface area is 193 Å². The third kappa shape index (κ3) is 5.24. The number of rotatable bonds is 6. The molecule has 4 rings (SSSR count). The number of nitrogens with one attached hydrogen (secondary N) is 2. The van der Waals surface area contributed by atoms with E-state index in [2.05, 4.69) is 20.6 Å². The maximum absolute atomic E-state index is 12.7. The molecule has 1 heterocycles. The number of anilines is 2. The van der Waals surface area contributed by atoms with Gasteiger partial charge in [0.25, 0.3) is 0 Å². The van der Waals surface area contributed by atoms with Crippen molar-refractivity contribution in [1.29, 1.82) is 0 Å². The molecule has 0 unspecified atom stereocenters. The Morgan fingerprint density at radius 3 is 2.48 bits per heavy atom. The molecule has 1 aromatic heterocycles. The maximum atomic E-state index is 12.7. The van der Waals surface area contributed by atoms with Crippen molar-refractivity contribution in [1.82, 2.24) is 15.3 Å². The summed E-state index contributed by atoms with van der Waals surface area (Å²) < 4.78 is 0. The van der Waals surface area contributed by atoms with Crippen LogP contribution in [0, 0.1) is 12.8 Å². The number of carbonyl (C=O) groups is 1. The first-order chi connectivity index (χ1) is 14.8. The van der Waals surface area contributed by atoms with E-state index in [0.29, 0.717) is 22.0 Å². The minimum Gasteiger partial charge on any atom is -0.362 e. The number of hydrogen-bond acceptors (Lipinski definition) is 5. The Balaban J connectivity index is 1.25. The minimum absolute atomic E-state index is 0.0403. The summed E-state index contributed by atoms with van der Waals surface area (Å²) in [5.74, 6) is 2.05. The molecule has 6 nitrogen and oxygen atoms in total. The van der Waals surface area contributed by atoms with Crippen LogP contribution in [-0.4, -0.2) is 42.1 Å². The summed E-state index contributed by atoms with van der Waals surface area (Å²) in [4.78, 5) is 23.8. The molecule has 1 aromatic carbocycles. The molecule has 2 aromatic rings. The molecule has 0 radical (unpaired) electrons. The van der Waals surface area contributed by atoms with Crippen LogP contribution < -0.4 is 15.5 Å². The van der Waals surface area contributed by atoms with Gasteiger partial charge >= 0.3 is 0 Å². The lowest BCUT2D eigenvalue weighted by Gasteiger charge is -2.30. The third-order valence-corrected chi connectivity index (χ3v) is 7.01. The zero-order valence-corrected chi connectivity index (χ0v) is 19.7. The van der Waals surface area contributed by atoms with Crippen LogP contribution in [0.3, 0.4) is 0 Å². The van der Waals surface area contributed by atoms with E-state index < -0.39 is 0 Å². The van der Waals surface area contributed by atoms with Crippen molar-refractivity contribution in [3.63, 3.8) is 0 Å². The van der Waals surface area contributed by atoms with E-state index in [1.807, 2.05) is 44.2 Å². The summed E-state index contributed by atoms with van der Waals surface area (Å²) in [5, 5.41) is 7.82. The molecular weight excluding hydrogens is 433 g/mol. The van der Waals surface area contributed by atoms with Crippen LogP contribution >= 0.6 is 23.2 Å². The van der Waals surface area contributed by atoms with Crippen molar-refractivity contribution in [3.8, 4) is 0 Å². The molecule has 0 saturated heterocycles. The first kappa shape index (κ1) is 22.2. The van der Waals surface area contributed by atoms with Gasteiger partial charge in [0.2, 0.25) is 11.9 Å². The fourth-order valence-corrected chi connectivity index (χ4v) is 4.73. The van der Waals surface area contributed by atoms with E-state index in [0.717, 1.165) is 49.0 Å². The Morgan fingerprint density at radius 2 is 1.81 bits per heavy atom. The summed E-state index contributed by atoms with van der Waals surface area (Å²) in [6.07, 6.45) is 6.62. The van der Waals surface area contributed by atoms with E-state index in [1.54, 1.807) is 6.07 Å². The summed E-state index contributed by atoms with van der Waals surface area (Å²) in [7, 11) is 3.97. The van der Waals surface area contributed by atoms with E-state index in [1.165, 1.54) is 0 Å². The van der Waals surface area contributed by atoms with Gasteiger partial charge in [-0.3, -0.25) is 4.79 Å². The van der Waals surface area contributed by atoms with Gasteiger partial charge in [0, 0.05) is 43.9 Å².